The topological polar surface area (TPSA) is 61.0 Å². The highest BCUT2D eigenvalue weighted by Gasteiger charge is 2.51. The van der Waals surface area contributed by atoms with Gasteiger partial charge in [0.25, 0.3) is 0 Å². The van der Waals surface area contributed by atoms with Gasteiger partial charge in [0.2, 0.25) is 0 Å². The molecule has 2 aliphatic carbocycles. The van der Waals surface area contributed by atoms with Gasteiger partial charge in [0, 0.05) is 38.4 Å². The third kappa shape index (κ3) is 4.33. The summed E-state index contributed by atoms with van der Waals surface area (Å²) in [5, 5.41) is 2.08. The molecule has 0 N–H and O–H groups in total. The van der Waals surface area contributed by atoms with Crippen molar-refractivity contribution in [2.45, 2.75) is 24.7 Å². The fraction of sp³-hybridized carbons (Fsp3) is 0.0727. The molecule has 5 heteroatoms. The van der Waals surface area contributed by atoms with Crippen LogP contribution in [0.1, 0.15) is 47.2 Å². The molecule has 8 aromatic carbocycles. The van der Waals surface area contributed by atoms with Crippen molar-refractivity contribution < 1.29 is 9.15 Å². The molecule has 0 fully saturated rings. The minimum atomic E-state index is -0.624. The van der Waals surface area contributed by atoms with Gasteiger partial charge in [-0.1, -0.05) is 159 Å². The van der Waals surface area contributed by atoms with E-state index in [1.54, 1.807) is 0 Å². The Bertz CT molecular complexity index is 3420. The van der Waals surface area contributed by atoms with E-state index in [0.29, 0.717) is 17.5 Å². The minimum Gasteiger partial charge on any atom is -0.457 e. The Balaban J connectivity index is 1.10. The third-order valence-corrected chi connectivity index (χ3v) is 13.2. The van der Waals surface area contributed by atoms with Crippen LogP contribution >= 0.6 is 0 Å². The van der Waals surface area contributed by atoms with Crippen molar-refractivity contribution in [3.05, 3.63) is 209 Å². The Morgan fingerprint density at radius 2 is 0.950 bits per heavy atom. The Labute approximate surface area is 346 Å². The molecule has 282 valence electrons. The molecule has 1 aliphatic heterocycles. The maximum Gasteiger partial charge on any atom is 0.167 e. The highest BCUT2D eigenvalue weighted by Crippen LogP contribution is 2.62. The van der Waals surface area contributed by atoms with E-state index in [9.17, 15) is 0 Å². The van der Waals surface area contributed by atoms with E-state index in [-0.39, 0.29) is 5.41 Å². The third-order valence-electron chi connectivity index (χ3n) is 13.2. The van der Waals surface area contributed by atoms with Crippen molar-refractivity contribution >= 4 is 21.9 Å². The van der Waals surface area contributed by atoms with Gasteiger partial charge in [-0.2, -0.15) is 0 Å². The number of ether oxygens (including phenoxy) is 1. The average Bonchev–Trinajstić information content (AvgIpc) is 3.90. The molecule has 0 bridgehead atoms. The van der Waals surface area contributed by atoms with Gasteiger partial charge in [-0.3, -0.25) is 0 Å². The molecule has 3 aliphatic rings. The van der Waals surface area contributed by atoms with Gasteiger partial charge in [-0.25, -0.2) is 15.0 Å². The second-order valence-corrected chi connectivity index (χ2v) is 16.6. The molecular formula is C55H35N3O2. The number of para-hydroxylation sites is 4. The lowest BCUT2D eigenvalue weighted by Crippen LogP contribution is -2.32. The lowest BCUT2D eigenvalue weighted by atomic mass is 9.66. The summed E-state index contributed by atoms with van der Waals surface area (Å²) in [4.78, 5) is 16.2. The van der Waals surface area contributed by atoms with Gasteiger partial charge in [-0.15, -0.1) is 0 Å². The van der Waals surface area contributed by atoms with Gasteiger partial charge in [0.15, 0.2) is 17.5 Å². The summed E-state index contributed by atoms with van der Waals surface area (Å²) in [6.07, 6.45) is 0. The first-order valence-corrected chi connectivity index (χ1v) is 20.5. The van der Waals surface area contributed by atoms with Gasteiger partial charge < -0.3 is 9.15 Å². The molecule has 10 aromatic rings. The van der Waals surface area contributed by atoms with Crippen molar-refractivity contribution in [3.63, 3.8) is 0 Å². The second-order valence-electron chi connectivity index (χ2n) is 16.6. The van der Waals surface area contributed by atoms with Crippen LogP contribution in [0.5, 0.6) is 11.5 Å². The molecule has 0 saturated heterocycles. The summed E-state index contributed by atoms with van der Waals surface area (Å²) in [5.74, 6) is 3.48. The van der Waals surface area contributed by atoms with E-state index in [1.807, 2.05) is 18.2 Å². The standard InChI is InChI=1S/C55H35N3O2/c1-54(2)40-21-6-4-17-37(40)49-38(19-14-25-44(49)54)52-56-51(57-53(58-52)39-20-13-18-36-35-16-5-10-26-46(35)60-50(36)39)32-29-30-34-33-15-3-7-22-41(33)55(45(34)31-32)42-23-8-11-27-47(42)59-48-28-12-9-24-43(48)55/h3-31H,1-2H3. The van der Waals surface area contributed by atoms with E-state index in [1.165, 1.54) is 44.5 Å². The number of nitrogens with zero attached hydrogens (tertiary/aromatic N) is 3. The Morgan fingerprint density at radius 1 is 0.400 bits per heavy atom. The van der Waals surface area contributed by atoms with E-state index in [4.69, 9.17) is 24.1 Å². The lowest BCUT2D eigenvalue weighted by molar-refractivity contribution is 0.436. The van der Waals surface area contributed by atoms with E-state index in [0.717, 1.165) is 61.3 Å². The summed E-state index contributed by atoms with van der Waals surface area (Å²) < 4.78 is 13.2. The number of hydrogen-bond acceptors (Lipinski definition) is 5. The van der Waals surface area contributed by atoms with Crippen LogP contribution in [0.25, 0.3) is 78.4 Å². The molecule has 1 spiro atoms. The SMILES string of the molecule is CC1(C)c2ccccc2-c2c(-c3nc(-c4ccc5c(c4)C4(c6ccccc6Oc6ccccc64)c4ccccc4-5)nc(-c4cccc5c4oc4ccccc45)n3)cccc21. The number of benzene rings is 8. The first-order valence-electron chi connectivity index (χ1n) is 20.5. The average molecular weight is 770 g/mol. The van der Waals surface area contributed by atoms with Crippen molar-refractivity contribution in [2.75, 3.05) is 0 Å². The first-order chi connectivity index (χ1) is 29.5. The molecule has 2 aromatic heterocycles. The van der Waals surface area contributed by atoms with Gasteiger partial charge in [0.1, 0.15) is 22.7 Å². The van der Waals surface area contributed by atoms with Gasteiger partial charge in [0.05, 0.1) is 11.0 Å². The summed E-state index contributed by atoms with van der Waals surface area (Å²) in [6, 6.07) is 62.1. The summed E-state index contributed by atoms with van der Waals surface area (Å²) in [5.41, 5.74) is 15.4. The molecule has 0 radical (unpaired) electrons. The summed E-state index contributed by atoms with van der Waals surface area (Å²) >= 11 is 0. The van der Waals surface area contributed by atoms with Gasteiger partial charge in [-0.05, 0) is 74.8 Å². The normalized spacial score (nSPS) is 14.6. The molecule has 5 nitrogen and oxygen atoms in total. The summed E-state index contributed by atoms with van der Waals surface area (Å²) in [6.45, 7) is 4.61. The number of aromatic nitrogens is 3. The molecule has 0 saturated carbocycles. The monoisotopic (exact) mass is 769 g/mol. The summed E-state index contributed by atoms with van der Waals surface area (Å²) in [7, 11) is 0. The van der Waals surface area contributed by atoms with Gasteiger partial charge >= 0.3 is 0 Å². The van der Waals surface area contributed by atoms with Crippen LogP contribution in [0.15, 0.2) is 180 Å². The Hall–Kier alpha value is -7.63. The van der Waals surface area contributed by atoms with Crippen LogP contribution in [0.4, 0.5) is 0 Å². The molecule has 13 rings (SSSR count). The lowest BCUT2D eigenvalue weighted by Gasteiger charge is -2.39. The van der Waals surface area contributed by atoms with Crippen molar-refractivity contribution in [3.8, 4) is 67.9 Å². The maximum atomic E-state index is 6.63. The van der Waals surface area contributed by atoms with E-state index < -0.39 is 5.41 Å². The first kappa shape index (κ1) is 33.4. The quantitative estimate of drug-likeness (QED) is 0.179. The fourth-order valence-corrected chi connectivity index (χ4v) is 10.6. The minimum absolute atomic E-state index is 0.180. The number of rotatable bonds is 3. The Kier molecular flexibility index (Phi) is 6.65. The maximum absolute atomic E-state index is 6.63. The van der Waals surface area contributed by atoms with Crippen LogP contribution in [0.3, 0.4) is 0 Å². The van der Waals surface area contributed by atoms with Crippen LogP contribution < -0.4 is 4.74 Å². The number of hydrogen-bond donors (Lipinski definition) is 0. The van der Waals surface area contributed by atoms with E-state index >= 15 is 0 Å². The van der Waals surface area contributed by atoms with Crippen LogP contribution in [-0.4, -0.2) is 15.0 Å². The van der Waals surface area contributed by atoms with E-state index in [2.05, 4.69) is 172 Å². The van der Waals surface area contributed by atoms with Crippen LogP contribution in [0, 0.1) is 0 Å². The second kappa shape index (κ2) is 12.0. The molecule has 0 unspecified atom stereocenters. The smallest absolute Gasteiger partial charge is 0.167 e. The van der Waals surface area contributed by atoms with Crippen molar-refractivity contribution in [1.29, 1.82) is 0 Å². The molecule has 3 heterocycles. The fourth-order valence-electron chi connectivity index (χ4n) is 10.6. The van der Waals surface area contributed by atoms with Crippen molar-refractivity contribution in [2.24, 2.45) is 0 Å². The van der Waals surface area contributed by atoms with Crippen LogP contribution in [-0.2, 0) is 10.8 Å². The zero-order valence-electron chi connectivity index (χ0n) is 32.9. The Morgan fingerprint density at radius 3 is 1.75 bits per heavy atom. The van der Waals surface area contributed by atoms with Crippen molar-refractivity contribution in [1.82, 2.24) is 15.0 Å². The largest absolute Gasteiger partial charge is 0.457 e. The highest BCUT2D eigenvalue weighted by molar-refractivity contribution is 6.09. The number of fused-ring (bicyclic) bond motifs is 15. The van der Waals surface area contributed by atoms with Crippen LogP contribution in [0.2, 0.25) is 0 Å². The zero-order valence-corrected chi connectivity index (χ0v) is 32.9. The molecule has 60 heavy (non-hydrogen) atoms. The highest BCUT2D eigenvalue weighted by atomic mass is 16.5. The molecular weight excluding hydrogens is 735 g/mol. The number of furan rings is 1. The zero-order chi connectivity index (χ0) is 39.7. The predicted molar refractivity (Wildman–Crippen MR) is 238 cm³/mol. The molecule has 0 atom stereocenters. The molecule has 0 amide bonds. The predicted octanol–water partition coefficient (Wildman–Crippen LogP) is 13.5.